The summed E-state index contributed by atoms with van der Waals surface area (Å²) < 4.78 is 27.4. The highest BCUT2D eigenvalue weighted by molar-refractivity contribution is 7.92. The summed E-state index contributed by atoms with van der Waals surface area (Å²) in [4.78, 5) is 13.3. The average molecular weight is 341 g/mol. The zero-order valence-corrected chi connectivity index (χ0v) is 13.6. The molecule has 122 valence electrons. The predicted octanol–water partition coefficient (Wildman–Crippen LogP) is 2.49. The summed E-state index contributed by atoms with van der Waals surface area (Å²) in [5.41, 5.74) is 1.21. The number of rotatable bonds is 4. The molecule has 1 amide bonds. The first-order valence-electron chi connectivity index (χ1n) is 7.44. The van der Waals surface area contributed by atoms with Crippen LogP contribution in [0.3, 0.4) is 0 Å². The van der Waals surface area contributed by atoms with E-state index in [0.29, 0.717) is 18.7 Å². The number of anilines is 2. The van der Waals surface area contributed by atoms with E-state index in [9.17, 15) is 13.2 Å². The molecular formula is C17H15N3O3S. The largest absolute Gasteiger partial charge is 0.312 e. The number of carbonyl (C=O) groups is 1. The van der Waals surface area contributed by atoms with Crippen molar-refractivity contribution in [1.82, 2.24) is 0 Å². The molecular weight excluding hydrogens is 326 g/mol. The van der Waals surface area contributed by atoms with E-state index >= 15 is 0 Å². The molecule has 2 aromatic carbocycles. The Morgan fingerprint density at radius 3 is 2.42 bits per heavy atom. The molecule has 0 spiro atoms. The zero-order chi connectivity index (χ0) is 17.2. The van der Waals surface area contributed by atoms with Gasteiger partial charge >= 0.3 is 0 Å². The van der Waals surface area contributed by atoms with Gasteiger partial charge in [0.25, 0.3) is 10.0 Å². The Morgan fingerprint density at radius 1 is 1.08 bits per heavy atom. The van der Waals surface area contributed by atoms with Crippen LogP contribution >= 0.6 is 0 Å². The van der Waals surface area contributed by atoms with Crippen molar-refractivity contribution in [2.45, 2.75) is 17.7 Å². The number of benzene rings is 2. The van der Waals surface area contributed by atoms with Crippen molar-refractivity contribution in [2.75, 3.05) is 16.2 Å². The van der Waals surface area contributed by atoms with E-state index in [1.807, 2.05) is 6.07 Å². The van der Waals surface area contributed by atoms with Crippen LogP contribution in [0.5, 0.6) is 0 Å². The van der Waals surface area contributed by atoms with Gasteiger partial charge in [-0.2, -0.15) is 5.26 Å². The molecule has 1 aliphatic rings. The highest BCUT2D eigenvalue weighted by Gasteiger charge is 2.22. The van der Waals surface area contributed by atoms with Crippen LogP contribution in [0.15, 0.2) is 53.4 Å². The second-order valence-electron chi connectivity index (χ2n) is 5.41. The molecule has 3 rings (SSSR count). The van der Waals surface area contributed by atoms with Crippen molar-refractivity contribution in [3.8, 4) is 6.07 Å². The first kappa shape index (κ1) is 16.0. The molecule has 6 nitrogen and oxygen atoms in total. The Labute approximate surface area is 140 Å². The number of carbonyl (C=O) groups excluding carboxylic acids is 1. The quantitative estimate of drug-likeness (QED) is 0.925. The van der Waals surface area contributed by atoms with Crippen LogP contribution in [-0.4, -0.2) is 20.9 Å². The van der Waals surface area contributed by atoms with Gasteiger partial charge in [-0.3, -0.25) is 9.52 Å². The summed E-state index contributed by atoms with van der Waals surface area (Å²) in [5.74, 6) is 0.0753. The van der Waals surface area contributed by atoms with Gasteiger partial charge in [-0.15, -0.1) is 0 Å². The molecule has 24 heavy (non-hydrogen) atoms. The van der Waals surface area contributed by atoms with E-state index in [4.69, 9.17) is 5.26 Å². The van der Waals surface area contributed by atoms with E-state index in [2.05, 4.69) is 4.72 Å². The molecule has 0 unspecified atom stereocenters. The van der Waals surface area contributed by atoms with Crippen LogP contribution in [0.1, 0.15) is 18.4 Å². The molecule has 0 bridgehead atoms. The SMILES string of the molecule is N#Cc1ccccc1S(=O)(=O)Nc1ccc(N2CCCC2=O)cc1. The molecule has 2 aromatic rings. The molecule has 0 atom stereocenters. The Balaban J connectivity index is 1.83. The fourth-order valence-electron chi connectivity index (χ4n) is 2.63. The molecule has 1 saturated heterocycles. The maximum Gasteiger partial charge on any atom is 0.263 e. The zero-order valence-electron chi connectivity index (χ0n) is 12.8. The third-order valence-electron chi connectivity index (χ3n) is 3.80. The van der Waals surface area contributed by atoms with Gasteiger partial charge < -0.3 is 4.90 Å². The Bertz CT molecular complexity index is 915. The number of sulfonamides is 1. The van der Waals surface area contributed by atoms with Gasteiger partial charge in [0.2, 0.25) is 5.91 Å². The molecule has 1 aliphatic heterocycles. The Hall–Kier alpha value is -2.85. The van der Waals surface area contributed by atoms with Gasteiger partial charge in [0, 0.05) is 24.3 Å². The van der Waals surface area contributed by atoms with Crippen molar-refractivity contribution in [3.05, 3.63) is 54.1 Å². The third-order valence-corrected chi connectivity index (χ3v) is 5.24. The number of nitriles is 1. The molecule has 0 aromatic heterocycles. The van der Waals surface area contributed by atoms with Crippen LogP contribution in [0.2, 0.25) is 0 Å². The van der Waals surface area contributed by atoms with Crippen LogP contribution in [0.4, 0.5) is 11.4 Å². The maximum absolute atomic E-state index is 12.4. The summed E-state index contributed by atoms with van der Waals surface area (Å²) in [6, 6.07) is 14.5. The molecule has 0 radical (unpaired) electrons. The summed E-state index contributed by atoms with van der Waals surface area (Å²) in [7, 11) is -3.85. The average Bonchev–Trinajstić information content (AvgIpc) is 3.01. The molecule has 0 aliphatic carbocycles. The van der Waals surface area contributed by atoms with Crippen molar-refractivity contribution in [3.63, 3.8) is 0 Å². The second kappa shape index (κ2) is 6.34. The van der Waals surface area contributed by atoms with Gasteiger partial charge in [-0.05, 0) is 42.8 Å². The van der Waals surface area contributed by atoms with Crippen LogP contribution in [-0.2, 0) is 14.8 Å². The van der Waals surface area contributed by atoms with E-state index in [-0.39, 0.29) is 16.4 Å². The van der Waals surface area contributed by atoms with Gasteiger partial charge in [0.1, 0.15) is 11.0 Å². The van der Waals surface area contributed by atoms with Crippen LogP contribution in [0, 0.1) is 11.3 Å². The minimum absolute atomic E-state index is 0.0636. The van der Waals surface area contributed by atoms with Crippen LogP contribution in [0.25, 0.3) is 0 Å². The summed E-state index contributed by atoms with van der Waals surface area (Å²) >= 11 is 0. The van der Waals surface area contributed by atoms with Crippen LogP contribution < -0.4 is 9.62 Å². The standard InChI is InChI=1S/C17H15N3O3S/c18-12-13-4-1-2-5-16(13)24(22,23)19-14-7-9-15(10-8-14)20-11-3-6-17(20)21/h1-2,4-5,7-10,19H,3,6,11H2. The number of hydrogen-bond donors (Lipinski definition) is 1. The molecule has 0 saturated carbocycles. The number of hydrogen-bond acceptors (Lipinski definition) is 4. The van der Waals surface area contributed by atoms with E-state index in [0.717, 1.165) is 12.1 Å². The topological polar surface area (TPSA) is 90.3 Å². The molecule has 7 heteroatoms. The highest BCUT2D eigenvalue weighted by Crippen LogP contribution is 2.25. The number of nitrogens with zero attached hydrogens (tertiary/aromatic N) is 2. The van der Waals surface area contributed by atoms with Crippen molar-refractivity contribution < 1.29 is 13.2 Å². The lowest BCUT2D eigenvalue weighted by atomic mass is 10.2. The van der Waals surface area contributed by atoms with Crippen molar-refractivity contribution in [1.29, 1.82) is 5.26 Å². The normalized spacial score (nSPS) is 14.5. The van der Waals surface area contributed by atoms with Gasteiger partial charge in [-0.1, -0.05) is 12.1 Å². The van der Waals surface area contributed by atoms with Crippen molar-refractivity contribution in [2.24, 2.45) is 0 Å². The highest BCUT2D eigenvalue weighted by atomic mass is 32.2. The fraction of sp³-hybridized carbons (Fsp3) is 0.176. The summed E-state index contributed by atoms with van der Waals surface area (Å²) in [6.07, 6.45) is 1.37. The van der Waals surface area contributed by atoms with Gasteiger partial charge in [-0.25, -0.2) is 8.42 Å². The minimum Gasteiger partial charge on any atom is -0.312 e. The number of amides is 1. The Kier molecular flexibility index (Phi) is 4.23. The smallest absolute Gasteiger partial charge is 0.263 e. The maximum atomic E-state index is 12.4. The lowest BCUT2D eigenvalue weighted by molar-refractivity contribution is -0.117. The van der Waals surface area contributed by atoms with E-state index < -0.39 is 10.0 Å². The monoisotopic (exact) mass is 341 g/mol. The molecule has 1 fully saturated rings. The number of nitrogens with one attached hydrogen (secondary N) is 1. The first-order valence-corrected chi connectivity index (χ1v) is 8.92. The van der Waals surface area contributed by atoms with Gasteiger partial charge in [0.05, 0.1) is 5.56 Å². The fourth-order valence-corrected chi connectivity index (χ4v) is 3.85. The summed E-state index contributed by atoms with van der Waals surface area (Å²) in [6.45, 7) is 0.680. The Morgan fingerprint density at radius 2 is 1.79 bits per heavy atom. The lowest BCUT2D eigenvalue weighted by Crippen LogP contribution is -2.23. The predicted molar refractivity (Wildman–Crippen MR) is 90.0 cm³/mol. The minimum atomic E-state index is -3.85. The first-order chi connectivity index (χ1) is 11.5. The summed E-state index contributed by atoms with van der Waals surface area (Å²) in [5, 5.41) is 9.05. The molecule has 1 N–H and O–H groups in total. The second-order valence-corrected chi connectivity index (χ2v) is 7.06. The van der Waals surface area contributed by atoms with E-state index in [1.165, 1.54) is 12.1 Å². The third kappa shape index (κ3) is 3.09. The molecule has 1 heterocycles. The van der Waals surface area contributed by atoms with Gasteiger partial charge in [0.15, 0.2) is 0 Å². The van der Waals surface area contributed by atoms with E-state index in [1.54, 1.807) is 41.3 Å². The lowest BCUT2D eigenvalue weighted by Gasteiger charge is -2.16. The van der Waals surface area contributed by atoms with Crippen molar-refractivity contribution >= 4 is 27.3 Å².